The van der Waals surface area contributed by atoms with Crippen molar-refractivity contribution >= 4 is 6.03 Å². The lowest BCUT2D eigenvalue weighted by Gasteiger charge is -2.03. The molecule has 0 saturated heterocycles. The molecule has 0 aliphatic rings. The van der Waals surface area contributed by atoms with Crippen LogP contribution in [0.5, 0.6) is 0 Å². The van der Waals surface area contributed by atoms with Crippen LogP contribution in [0, 0.1) is 0 Å². The number of aliphatic hydroxyl groups is 1. The first-order chi connectivity index (χ1) is 6.33. The molecular weight excluding hydrogens is 172 g/mol. The molecule has 72 valence electrons. The number of carbonyl (C=O) groups is 1. The normalized spacial score (nSPS) is 9.62. The van der Waals surface area contributed by atoms with Crippen molar-refractivity contribution in [1.29, 1.82) is 0 Å². The quantitative estimate of drug-likeness (QED) is 0.620. The van der Waals surface area contributed by atoms with E-state index >= 15 is 0 Å². The van der Waals surface area contributed by atoms with E-state index in [-0.39, 0.29) is 19.2 Å². The molecule has 5 nitrogen and oxygen atoms in total. The SMILES string of the molecule is O=C(NCCO)NCc1ccco1. The molecule has 1 heterocycles. The highest BCUT2D eigenvalue weighted by atomic mass is 16.3. The molecule has 0 fully saturated rings. The van der Waals surface area contributed by atoms with Crippen LogP contribution in [0.3, 0.4) is 0 Å². The Morgan fingerprint density at radius 1 is 1.54 bits per heavy atom. The molecule has 1 aromatic heterocycles. The molecule has 0 spiro atoms. The largest absolute Gasteiger partial charge is 0.467 e. The van der Waals surface area contributed by atoms with Gasteiger partial charge in [-0.05, 0) is 12.1 Å². The average Bonchev–Trinajstić information content (AvgIpc) is 2.64. The molecule has 0 radical (unpaired) electrons. The Kier molecular flexibility index (Phi) is 3.84. The fourth-order valence-corrected chi connectivity index (χ4v) is 0.812. The fraction of sp³-hybridized carbons (Fsp3) is 0.375. The van der Waals surface area contributed by atoms with Gasteiger partial charge in [0.2, 0.25) is 0 Å². The lowest BCUT2D eigenvalue weighted by atomic mass is 10.4. The molecule has 0 aliphatic carbocycles. The van der Waals surface area contributed by atoms with E-state index in [9.17, 15) is 4.79 Å². The van der Waals surface area contributed by atoms with Crippen LogP contribution >= 0.6 is 0 Å². The van der Waals surface area contributed by atoms with Crippen LogP contribution in [0.1, 0.15) is 5.76 Å². The smallest absolute Gasteiger partial charge is 0.315 e. The summed E-state index contributed by atoms with van der Waals surface area (Å²) in [7, 11) is 0. The Morgan fingerprint density at radius 2 is 2.38 bits per heavy atom. The van der Waals surface area contributed by atoms with Gasteiger partial charge in [-0.25, -0.2) is 4.79 Å². The Bertz CT molecular complexity index is 246. The number of aliphatic hydroxyl groups excluding tert-OH is 1. The van der Waals surface area contributed by atoms with E-state index in [0.717, 1.165) is 0 Å². The van der Waals surface area contributed by atoms with Gasteiger partial charge < -0.3 is 20.2 Å². The third-order valence-corrected chi connectivity index (χ3v) is 1.40. The van der Waals surface area contributed by atoms with Crippen molar-refractivity contribution < 1.29 is 14.3 Å². The van der Waals surface area contributed by atoms with E-state index < -0.39 is 0 Å². The highest BCUT2D eigenvalue weighted by Crippen LogP contribution is 1.97. The van der Waals surface area contributed by atoms with Crippen molar-refractivity contribution in [2.45, 2.75) is 6.54 Å². The number of furan rings is 1. The Hall–Kier alpha value is -1.49. The first kappa shape index (κ1) is 9.60. The molecule has 2 amide bonds. The number of carbonyl (C=O) groups excluding carboxylic acids is 1. The van der Waals surface area contributed by atoms with Crippen LogP contribution in [0.15, 0.2) is 22.8 Å². The standard InChI is InChI=1S/C8H12N2O3/c11-4-3-9-8(12)10-6-7-2-1-5-13-7/h1-2,5,11H,3-4,6H2,(H2,9,10,12). The molecule has 1 aromatic rings. The monoisotopic (exact) mass is 184 g/mol. The Balaban J connectivity index is 2.15. The van der Waals surface area contributed by atoms with Crippen molar-refractivity contribution in [2.24, 2.45) is 0 Å². The zero-order chi connectivity index (χ0) is 9.52. The third-order valence-electron chi connectivity index (χ3n) is 1.40. The second kappa shape index (κ2) is 5.21. The molecule has 13 heavy (non-hydrogen) atoms. The number of urea groups is 1. The lowest BCUT2D eigenvalue weighted by Crippen LogP contribution is -2.36. The molecule has 0 unspecified atom stereocenters. The summed E-state index contributed by atoms with van der Waals surface area (Å²) in [5, 5.41) is 13.4. The van der Waals surface area contributed by atoms with E-state index in [1.54, 1.807) is 18.4 Å². The molecule has 0 atom stereocenters. The summed E-state index contributed by atoms with van der Waals surface area (Å²) in [6.07, 6.45) is 1.54. The van der Waals surface area contributed by atoms with Gasteiger partial charge in [0.25, 0.3) is 0 Å². The predicted octanol–water partition coefficient (Wildman–Crippen LogP) is 0.0711. The van der Waals surface area contributed by atoms with Crippen LogP contribution in [-0.2, 0) is 6.54 Å². The van der Waals surface area contributed by atoms with Crippen molar-refractivity contribution in [2.75, 3.05) is 13.2 Å². The first-order valence-electron chi connectivity index (χ1n) is 3.98. The van der Waals surface area contributed by atoms with E-state index in [1.807, 2.05) is 0 Å². The second-order valence-corrected chi connectivity index (χ2v) is 2.41. The highest BCUT2D eigenvalue weighted by Gasteiger charge is 1.99. The van der Waals surface area contributed by atoms with E-state index in [2.05, 4.69) is 10.6 Å². The van der Waals surface area contributed by atoms with Crippen molar-refractivity contribution in [3.63, 3.8) is 0 Å². The summed E-state index contributed by atoms with van der Waals surface area (Å²) >= 11 is 0. The maximum absolute atomic E-state index is 10.9. The highest BCUT2D eigenvalue weighted by molar-refractivity contribution is 5.73. The Morgan fingerprint density at radius 3 is 3.00 bits per heavy atom. The summed E-state index contributed by atoms with van der Waals surface area (Å²) in [5.74, 6) is 0.694. The Labute approximate surface area is 75.7 Å². The number of hydrogen-bond acceptors (Lipinski definition) is 3. The van der Waals surface area contributed by atoms with Gasteiger partial charge in [-0.2, -0.15) is 0 Å². The summed E-state index contributed by atoms with van der Waals surface area (Å²) in [4.78, 5) is 10.9. The van der Waals surface area contributed by atoms with Gasteiger partial charge in [-0.1, -0.05) is 0 Å². The van der Waals surface area contributed by atoms with Crippen molar-refractivity contribution in [3.8, 4) is 0 Å². The average molecular weight is 184 g/mol. The fourth-order valence-electron chi connectivity index (χ4n) is 0.812. The van der Waals surface area contributed by atoms with E-state index in [4.69, 9.17) is 9.52 Å². The topological polar surface area (TPSA) is 74.5 Å². The van der Waals surface area contributed by atoms with Crippen molar-refractivity contribution in [3.05, 3.63) is 24.2 Å². The molecule has 0 aromatic carbocycles. The van der Waals surface area contributed by atoms with Crippen LogP contribution < -0.4 is 10.6 Å². The maximum Gasteiger partial charge on any atom is 0.315 e. The molecule has 5 heteroatoms. The van der Waals surface area contributed by atoms with Gasteiger partial charge in [0.15, 0.2) is 0 Å². The minimum Gasteiger partial charge on any atom is -0.467 e. The predicted molar refractivity (Wildman–Crippen MR) is 46.0 cm³/mol. The number of nitrogens with one attached hydrogen (secondary N) is 2. The number of hydrogen-bond donors (Lipinski definition) is 3. The van der Waals surface area contributed by atoms with Crippen molar-refractivity contribution in [1.82, 2.24) is 10.6 Å². The van der Waals surface area contributed by atoms with Gasteiger partial charge in [0.1, 0.15) is 5.76 Å². The molecular formula is C8H12N2O3. The zero-order valence-corrected chi connectivity index (χ0v) is 7.12. The maximum atomic E-state index is 10.9. The minimum atomic E-state index is -0.314. The summed E-state index contributed by atoms with van der Waals surface area (Å²) in [6.45, 7) is 0.544. The second-order valence-electron chi connectivity index (χ2n) is 2.41. The first-order valence-corrected chi connectivity index (χ1v) is 3.98. The minimum absolute atomic E-state index is 0.0613. The lowest BCUT2D eigenvalue weighted by molar-refractivity contribution is 0.233. The summed E-state index contributed by atoms with van der Waals surface area (Å²) in [5.41, 5.74) is 0. The molecule has 0 saturated carbocycles. The third kappa shape index (κ3) is 3.62. The van der Waals surface area contributed by atoms with E-state index in [1.165, 1.54) is 0 Å². The summed E-state index contributed by atoms with van der Waals surface area (Å²) in [6, 6.07) is 3.21. The van der Waals surface area contributed by atoms with Crippen LogP contribution in [-0.4, -0.2) is 24.3 Å². The van der Waals surface area contributed by atoms with Crippen LogP contribution in [0.25, 0.3) is 0 Å². The van der Waals surface area contributed by atoms with Crippen LogP contribution in [0.2, 0.25) is 0 Å². The zero-order valence-electron chi connectivity index (χ0n) is 7.12. The van der Waals surface area contributed by atoms with Gasteiger partial charge in [0.05, 0.1) is 19.4 Å². The number of amides is 2. The molecule has 0 bridgehead atoms. The van der Waals surface area contributed by atoms with Gasteiger partial charge in [0, 0.05) is 6.54 Å². The van der Waals surface area contributed by atoms with Crippen LogP contribution in [0.4, 0.5) is 4.79 Å². The van der Waals surface area contributed by atoms with E-state index in [0.29, 0.717) is 12.3 Å². The van der Waals surface area contributed by atoms with Gasteiger partial charge in [-0.15, -0.1) is 0 Å². The molecule has 0 aliphatic heterocycles. The number of rotatable bonds is 4. The van der Waals surface area contributed by atoms with Gasteiger partial charge in [-0.3, -0.25) is 0 Å². The summed E-state index contributed by atoms with van der Waals surface area (Å²) < 4.78 is 5.00. The van der Waals surface area contributed by atoms with Gasteiger partial charge >= 0.3 is 6.03 Å². The molecule has 1 rings (SSSR count). The molecule has 3 N–H and O–H groups in total.